The van der Waals surface area contributed by atoms with Crippen molar-refractivity contribution in [1.29, 1.82) is 0 Å². The Bertz CT molecular complexity index is 1700. The maximum Gasteiger partial charge on any atom is 0.129 e. The lowest BCUT2D eigenvalue weighted by molar-refractivity contribution is 0.544. The van der Waals surface area contributed by atoms with Crippen LogP contribution in [0.4, 0.5) is 0 Å². The van der Waals surface area contributed by atoms with E-state index in [-0.39, 0.29) is 0 Å². The largest absolute Gasteiger partial charge is 0.134 e. The predicted molar refractivity (Wildman–Crippen MR) is 276 cm³/mol. The lowest BCUT2D eigenvalue weighted by atomic mass is 10.0. The molecule has 320 valence electrons. The van der Waals surface area contributed by atoms with E-state index in [1.807, 2.05) is 45.3 Å². The Morgan fingerprint density at radius 2 is 0.672 bits per heavy atom. The molecule has 0 N–H and O–H groups in total. The monoisotopic (exact) mass is 888 g/mol. The van der Waals surface area contributed by atoms with Crippen LogP contribution in [-0.4, -0.2) is 16.1 Å². The third kappa shape index (κ3) is 19.1. The fourth-order valence-corrected chi connectivity index (χ4v) is 13.4. The van der Waals surface area contributed by atoms with E-state index in [0.29, 0.717) is 0 Å². The minimum Gasteiger partial charge on any atom is -0.134 e. The molecule has 4 aromatic rings. The van der Waals surface area contributed by atoms with Crippen LogP contribution in [0.15, 0.2) is 24.3 Å². The standard InChI is InChI=1S/C52H80S4Si2/c1-9-11-13-15-17-19-21-23-25-27-29-31-33-43-39-45(47(53-43)35-37-57(3,4)5)49-41-51-52(55-49)42-50(56-51)46-40-44(54-48(46)36-38-58(6,7)8)34-32-30-28-26-24-22-20-18-16-14-12-10-2/h39-42H,9-34H2,1-8H3. The van der Waals surface area contributed by atoms with E-state index >= 15 is 0 Å². The van der Waals surface area contributed by atoms with E-state index in [1.54, 1.807) is 0 Å². The summed E-state index contributed by atoms with van der Waals surface area (Å²) in [4.78, 5) is 8.39. The summed E-state index contributed by atoms with van der Waals surface area (Å²) < 4.78 is 2.82. The normalized spacial score (nSPS) is 11.9. The van der Waals surface area contributed by atoms with Gasteiger partial charge in [0.2, 0.25) is 0 Å². The highest BCUT2D eigenvalue weighted by atomic mass is 32.1. The van der Waals surface area contributed by atoms with Gasteiger partial charge in [-0.15, -0.1) is 56.4 Å². The lowest BCUT2D eigenvalue weighted by Crippen LogP contribution is -2.16. The molecule has 0 amide bonds. The lowest BCUT2D eigenvalue weighted by Gasteiger charge is -2.03. The maximum atomic E-state index is 3.70. The molecular weight excluding hydrogens is 809 g/mol. The Labute approximate surface area is 375 Å². The Morgan fingerprint density at radius 1 is 0.379 bits per heavy atom. The Kier molecular flexibility index (Phi) is 22.8. The first-order chi connectivity index (χ1) is 28.0. The van der Waals surface area contributed by atoms with Crippen LogP contribution in [0.25, 0.3) is 30.3 Å². The van der Waals surface area contributed by atoms with E-state index < -0.39 is 16.1 Å². The molecule has 0 atom stereocenters. The molecule has 4 aromatic heterocycles. The number of hydrogen-bond donors (Lipinski definition) is 0. The van der Waals surface area contributed by atoms with Gasteiger partial charge in [0.1, 0.15) is 16.1 Å². The zero-order chi connectivity index (χ0) is 41.6. The van der Waals surface area contributed by atoms with Gasteiger partial charge < -0.3 is 0 Å². The van der Waals surface area contributed by atoms with Gasteiger partial charge in [-0.1, -0.05) is 206 Å². The molecule has 0 fully saturated rings. The van der Waals surface area contributed by atoms with Crippen LogP contribution in [0.5, 0.6) is 0 Å². The van der Waals surface area contributed by atoms with Crippen molar-refractivity contribution in [3.8, 4) is 43.8 Å². The SMILES string of the molecule is CCCCCCCCCCCCCCc1cc(-c2cc3sc(-c4cc(CCCCCCCCCCCCCC)sc4C#C[Si](C)(C)C)cc3s2)c(C#C[Si](C)(C)C)s1. The van der Waals surface area contributed by atoms with Gasteiger partial charge in [-0.2, -0.15) is 0 Å². The van der Waals surface area contributed by atoms with Crippen molar-refractivity contribution in [3.63, 3.8) is 0 Å². The van der Waals surface area contributed by atoms with Gasteiger partial charge in [-0.25, -0.2) is 0 Å². The average Bonchev–Trinajstić information content (AvgIpc) is 3.96. The maximum absolute atomic E-state index is 3.70. The Morgan fingerprint density at radius 3 is 0.966 bits per heavy atom. The van der Waals surface area contributed by atoms with Crippen LogP contribution in [-0.2, 0) is 12.8 Å². The summed E-state index contributed by atoms with van der Waals surface area (Å²) in [7, 11) is -2.96. The predicted octanol–water partition coefficient (Wildman–Crippen LogP) is 19.4. The molecule has 0 radical (unpaired) electrons. The summed E-state index contributed by atoms with van der Waals surface area (Å²) >= 11 is 7.87. The molecule has 0 saturated heterocycles. The van der Waals surface area contributed by atoms with Crippen molar-refractivity contribution in [3.05, 3.63) is 43.8 Å². The second kappa shape index (κ2) is 26.8. The van der Waals surface area contributed by atoms with Crippen molar-refractivity contribution >= 4 is 70.9 Å². The number of fused-ring (bicyclic) bond motifs is 1. The van der Waals surface area contributed by atoms with E-state index in [1.165, 1.54) is 217 Å². The zero-order valence-corrected chi connectivity index (χ0v) is 43.6. The third-order valence-corrected chi connectivity index (χ3v) is 17.3. The quantitative estimate of drug-likeness (QED) is 0.0303. The Balaban J connectivity index is 1.36. The van der Waals surface area contributed by atoms with Gasteiger partial charge in [-0.05, 0) is 49.9 Å². The second-order valence-electron chi connectivity index (χ2n) is 19.1. The molecule has 4 rings (SSSR count). The first kappa shape index (κ1) is 49.3. The number of rotatable bonds is 28. The van der Waals surface area contributed by atoms with Crippen LogP contribution in [0.1, 0.15) is 187 Å². The molecule has 58 heavy (non-hydrogen) atoms. The molecule has 0 aliphatic heterocycles. The summed E-state index contributed by atoms with van der Waals surface area (Å²) in [6, 6.07) is 9.93. The van der Waals surface area contributed by atoms with Gasteiger partial charge in [0.25, 0.3) is 0 Å². The van der Waals surface area contributed by atoms with Crippen molar-refractivity contribution in [2.75, 3.05) is 0 Å². The van der Waals surface area contributed by atoms with E-state index in [4.69, 9.17) is 0 Å². The number of unbranched alkanes of at least 4 members (excludes halogenated alkanes) is 22. The summed E-state index contributed by atoms with van der Waals surface area (Å²) in [6.07, 6.45) is 36.0. The van der Waals surface area contributed by atoms with Crippen LogP contribution in [0.2, 0.25) is 39.3 Å². The summed E-state index contributed by atoms with van der Waals surface area (Å²) in [5, 5.41) is 0. The van der Waals surface area contributed by atoms with Gasteiger partial charge in [0, 0.05) is 40.0 Å². The van der Waals surface area contributed by atoms with E-state index in [0.717, 1.165) is 0 Å². The van der Waals surface area contributed by atoms with Crippen LogP contribution in [0.3, 0.4) is 0 Å². The van der Waals surface area contributed by atoms with E-state index in [9.17, 15) is 0 Å². The molecule has 6 heteroatoms. The van der Waals surface area contributed by atoms with Crippen molar-refractivity contribution in [2.24, 2.45) is 0 Å². The van der Waals surface area contributed by atoms with Gasteiger partial charge in [0.05, 0.1) is 9.75 Å². The molecular formula is C52H80S4Si2. The zero-order valence-electron chi connectivity index (χ0n) is 38.3. The molecule has 4 heterocycles. The molecule has 0 unspecified atom stereocenters. The smallest absolute Gasteiger partial charge is 0.129 e. The summed E-state index contributed by atoms with van der Waals surface area (Å²) in [5.41, 5.74) is 10.2. The fraction of sp³-hybridized carbons (Fsp3) is 0.654. The minimum atomic E-state index is -1.48. The van der Waals surface area contributed by atoms with E-state index in [2.05, 4.69) is 100 Å². The van der Waals surface area contributed by atoms with Crippen LogP contribution >= 0.6 is 45.3 Å². The first-order valence-electron chi connectivity index (χ1n) is 23.8. The molecule has 0 nitrogen and oxygen atoms in total. The number of thiophene rings is 4. The Hall–Kier alpha value is -1.39. The highest BCUT2D eigenvalue weighted by molar-refractivity contribution is 7.31. The third-order valence-electron chi connectivity index (χ3n) is 11.0. The number of aryl methyl sites for hydroxylation is 2. The van der Waals surface area contributed by atoms with Crippen LogP contribution < -0.4 is 0 Å². The molecule has 0 aliphatic carbocycles. The fourth-order valence-electron chi connectivity index (χ4n) is 7.55. The number of hydrogen-bond acceptors (Lipinski definition) is 4. The minimum absolute atomic E-state index is 1.19. The van der Waals surface area contributed by atoms with Crippen molar-refractivity contribution in [1.82, 2.24) is 0 Å². The molecule has 0 bridgehead atoms. The topological polar surface area (TPSA) is 0 Å². The molecule has 0 saturated carbocycles. The van der Waals surface area contributed by atoms with Crippen LogP contribution in [0, 0.1) is 22.9 Å². The molecule has 0 aromatic carbocycles. The second-order valence-corrected chi connectivity index (χ2v) is 33.1. The summed E-state index contributed by atoms with van der Waals surface area (Å²) in [5.74, 6) is 7.40. The summed E-state index contributed by atoms with van der Waals surface area (Å²) in [6.45, 7) is 18.8. The van der Waals surface area contributed by atoms with Crippen molar-refractivity contribution < 1.29 is 0 Å². The average molecular weight is 890 g/mol. The van der Waals surface area contributed by atoms with Crippen molar-refractivity contribution in [2.45, 2.75) is 220 Å². The molecule has 0 spiro atoms. The first-order valence-corrected chi connectivity index (χ1v) is 34.1. The van der Waals surface area contributed by atoms with Gasteiger partial charge in [0.15, 0.2) is 0 Å². The van der Waals surface area contributed by atoms with Gasteiger partial charge >= 0.3 is 0 Å². The molecule has 0 aliphatic rings. The van der Waals surface area contributed by atoms with Gasteiger partial charge in [-0.3, -0.25) is 0 Å². The highest BCUT2D eigenvalue weighted by Gasteiger charge is 2.19. The highest BCUT2D eigenvalue weighted by Crippen LogP contribution is 2.46.